The highest BCUT2D eigenvalue weighted by Crippen LogP contribution is 2.52. The molecular formula is C71H40N4. The molecule has 4 heteroatoms. The Bertz CT molecular complexity index is 5130. The molecule has 0 saturated heterocycles. The second-order valence-corrected chi connectivity index (χ2v) is 20.6. The molecule has 0 aliphatic carbocycles. The highest BCUT2D eigenvalue weighted by molar-refractivity contribution is 6.34. The minimum Gasteiger partial charge on any atom is -0.308 e. The number of rotatable bonds is 5. The molecule has 0 unspecified atom stereocenters. The molecule has 75 heavy (non-hydrogen) atoms. The number of fused-ring (bicyclic) bond motifs is 18. The summed E-state index contributed by atoms with van der Waals surface area (Å²) in [5.41, 5.74) is 22.6. The zero-order valence-electron chi connectivity index (χ0n) is 40.4. The van der Waals surface area contributed by atoms with Gasteiger partial charge < -0.3 is 13.2 Å². The molecular weight excluding hydrogens is 909 g/mol. The number of pyridine rings is 1. The largest absolute Gasteiger partial charge is 0.308 e. The van der Waals surface area contributed by atoms with E-state index in [1.165, 1.54) is 153 Å². The van der Waals surface area contributed by atoms with Crippen molar-refractivity contribution in [2.24, 2.45) is 0 Å². The predicted octanol–water partition coefficient (Wildman–Crippen LogP) is 18.9. The van der Waals surface area contributed by atoms with E-state index in [0.29, 0.717) is 0 Å². The van der Waals surface area contributed by atoms with E-state index >= 15 is 0 Å². The van der Waals surface area contributed by atoms with E-state index in [-0.39, 0.29) is 0 Å². The molecule has 0 amide bonds. The minimum atomic E-state index is 0.966. The fourth-order valence-corrected chi connectivity index (χ4v) is 13.6. The number of aromatic nitrogens is 4. The quantitative estimate of drug-likeness (QED) is 0.169. The van der Waals surface area contributed by atoms with E-state index in [4.69, 9.17) is 4.98 Å². The molecule has 0 saturated carbocycles. The van der Waals surface area contributed by atoms with Gasteiger partial charge in [0.15, 0.2) is 0 Å². The van der Waals surface area contributed by atoms with Gasteiger partial charge in [0.1, 0.15) is 0 Å². The van der Waals surface area contributed by atoms with E-state index in [1.807, 2.05) is 0 Å². The normalized spacial score (nSPS) is 12.5. The Kier molecular flexibility index (Phi) is 7.57. The summed E-state index contributed by atoms with van der Waals surface area (Å²) in [6, 6.07) is 88.0. The summed E-state index contributed by atoms with van der Waals surface area (Å²) in [6.07, 6.45) is 2.13. The van der Waals surface area contributed by atoms with Crippen LogP contribution in [0.5, 0.6) is 0 Å². The number of hydrogen-bond donors (Lipinski definition) is 0. The van der Waals surface area contributed by atoms with Crippen molar-refractivity contribution in [2.75, 3.05) is 0 Å². The summed E-state index contributed by atoms with van der Waals surface area (Å²) < 4.78 is 7.68. The standard InChI is InChI=1S/C71H40N4/c1-5-16-41(17-6-1)45-28-30-64-53(32-45)55-34-47(42-18-7-2-8-19-42)36-57-59-38-60-58-37-48(43-20-9-3-10-21-43)35-56-54-39-61(44-22-11-4-12-23-44)72-40-65(54)75(69(56)58)71(60)66(70(59)74(64)68(55)57)46-29-31-63-52(33-46)51-26-15-25-50-49-24-13-14-27-62(49)73(63)67(50)51/h1-40H. The van der Waals surface area contributed by atoms with Crippen molar-refractivity contribution in [3.8, 4) is 55.8 Å². The van der Waals surface area contributed by atoms with Gasteiger partial charge in [-0.25, -0.2) is 0 Å². The van der Waals surface area contributed by atoms with Crippen molar-refractivity contribution in [3.05, 3.63) is 243 Å². The topological polar surface area (TPSA) is 26.1 Å². The van der Waals surface area contributed by atoms with Crippen molar-refractivity contribution in [3.63, 3.8) is 0 Å². The molecule has 18 rings (SSSR count). The lowest BCUT2D eigenvalue weighted by atomic mass is 9.93. The van der Waals surface area contributed by atoms with E-state index in [0.717, 1.165) is 16.8 Å². The molecule has 0 spiro atoms. The Morgan fingerprint density at radius 2 is 0.613 bits per heavy atom. The van der Waals surface area contributed by atoms with Crippen LogP contribution in [0.4, 0.5) is 0 Å². The number of nitrogens with zero attached hydrogens (tertiary/aromatic N) is 4. The maximum atomic E-state index is 5.28. The molecule has 0 bridgehead atoms. The summed E-state index contributed by atoms with van der Waals surface area (Å²) in [4.78, 5) is 5.28. The van der Waals surface area contributed by atoms with Crippen LogP contribution < -0.4 is 0 Å². The van der Waals surface area contributed by atoms with Crippen LogP contribution >= 0.6 is 0 Å². The molecule has 0 aliphatic heterocycles. The van der Waals surface area contributed by atoms with Crippen LogP contribution in [0.1, 0.15) is 0 Å². The monoisotopic (exact) mass is 948 g/mol. The predicted molar refractivity (Wildman–Crippen MR) is 315 cm³/mol. The van der Waals surface area contributed by atoms with Gasteiger partial charge in [-0.05, 0) is 106 Å². The van der Waals surface area contributed by atoms with Gasteiger partial charge in [0, 0.05) is 75.8 Å². The molecule has 0 aliphatic rings. The third-order valence-corrected chi connectivity index (χ3v) is 16.8. The van der Waals surface area contributed by atoms with Crippen LogP contribution in [-0.2, 0) is 0 Å². The van der Waals surface area contributed by atoms with Gasteiger partial charge in [-0.15, -0.1) is 0 Å². The second kappa shape index (κ2) is 14.3. The third kappa shape index (κ3) is 5.17. The van der Waals surface area contributed by atoms with Crippen LogP contribution in [-0.4, -0.2) is 18.2 Å². The van der Waals surface area contributed by atoms with E-state index in [2.05, 4.69) is 256 Å². The van der Waals surface area contributed by atoms with Gasteiger partial charge in [-0.2, -0.15) is 0 Å². The highest BCUT2D eigenvalue weighted by Gasteiger charge is 2.29. The first-order valence-electron chi connectivity index (χ1n) is 25.9. The smallest absolute Gasteiger partial charge is 0.0725 e. The third-order valence-electron chi connectivity index (χ3n) is 16.8. The first kappa shape index (κ1) is 39.6. The maximum absolute atomic E-state index is 5.28. The lowest BCUT2D eigenvalue weighted by molar-refractivity contribution is 1.30. The summed E-state index contributed by atoms with van der Waals surface area (Å²) in [7, 11) is 0. The molecule has 4 nitrogen and oxygen atoms in total. The fraction of sp³-hybridized carbons (Fsp3) is 0. The maximum Gasteiger partial charge on any atom is 0.0725 e. The Morgan fingerprint density at radius 3 is 1.24 bits per heavy atom. The lowest BCUT2D eigenvalue weighted by Gasteiger charge is -2.12. The Balaban J connectivity index is 1.07. The highest BCUT2D eigenvalue weighted by atomic mass is 15.0. The van der Waals surface area contributed by atoms with E-state index in [1.54, 1.807) is 0 Å². The molecule has 344 valence electrons. The van der Waals surface area contributed by atoms with Crippen LogP contribution in [0, 0.1) is 0 Å². The Labute approximate surface area is 428 Å². The van der Waals surface area contributed by atoms with Crippen LogP contribution in [0.2, 0.25) is 0 Å². The summed E-state index contributed by atoms with van der Waals surface area (Å²) >= 11 is 0. The van der Waals surface area contributed by atoms with Gasteiger partial charge in [0.05, 0.1) is 61.5 Å². The first-order valence-corrected chi connectivity index (χ1v) is 25.9. The Hall–Kier alpha value is -10.0. The molecule has 18 aromatic rings. The summed E-state index contributed by atoms with van der Waals surface area (Å²) in [6.45, 7) is 0. The first-order chi connectivity index (χ1) is 37.2. The van der Waals surface area contributed by atoms with Crippen molar-refractivity contribution < 1.29 is 0 Å². The summed E-state index contributed by atoms with van der Waals surface area (Å²) in [5, 5.41) is 15.0. The zero-order chi connectivity index (χ0) is 48.6. The van der Waals surface area contributed by atoms with Gasteiger partial charge in [0.2, 0.25) is 0 Å². The van der Waals surface area contributed by atoms with Gasteiger partial charge in [-0.3, -0.25) is 4.98 Å². The fourth-order valence-electron chi connectivity index (χ4n) is 13.6. The van der Waals surface area contributed by atoms with Crippen molar-refractivity contribution in [1.82, 2.24) is 18.2 Å². The SMILES string of the molecule is c1ccc(-c2ccc3c(c2)c2cc(-c4ccccc4)cc4c5cc6c7cc(-c8ccccc8)cc8c9cc(-c%10ccccc%10)ncc9n(c6c(-c6ccc9c(c6)c6cccc%10c%11ccccc%11n9c%106)c5n3c24)c87)cc1. The summed E-state index contributed by atoms with van der Waals surface area (Å²) in [5.74, 6) is 0. The minimum absolute atomic E-state index is 0.966. The average Bonchev–Trinajstić information content (AvgIpc) is 4.41. The molecule has 0 radical (unpaired) electrons. The number of hydrogen-bond acceptors (Lipinski definition) is 1. The molecule has 0 fully saturated rings. The van der Waals surface area contributed by atoms with Crippen molar-refractivity contribution in [2.45, 2.75) is 0 Å². The van der Waals surface area contributed by atoms with Gasteiger partial charge in [-0.1, -0.05) is 170 Å². The lowest BCUT2D eigenvalue weighted by Crippen LogP contribution is -1.92. The van der Waals surface area contributed by atoms with Crippen LogP contribution in [0.25, 0.3) is 170 Å². The molecule has 0 atom stereocenters. The van der Waals surface area contributed by atoms with Gasteiger partial charge in [0.25, 0.3) is 0 Å². The van der Waals surface area contributed by atoms with Crippen LogP contribution in [0.3, 0.4) is 0 Å². The Morgan fingerprint density at radius 1 is 0.213 bits per heavy atom. The van der Waals surface area contributed by atoms with Crippen LogP contribution in [0.15, 0.2) is 243 Å². The molecule has 7 aromatic heterocycles. The van der Waals surface area contributed by atoms with E-state index < -0.39 is 0 Å². The average molecular weight is 949 g/mol. The second-order valence-electron chi connectivity index (χ2n) is 20.6. The molecule has 7 heterocycles. The number of benzene rings is 11. The molecule has 0 N–H and O–H groups in total. The molecule has 11 aromatic carbocycles. The zero-order valence-corrected chi connectivity index (χ0v) is 40.4. The van der Waals surface area contributed by atoms with Crippen molar-refractivity contribution >= 4 is 114 Å². The van der Waals surface area contributed by atoms with Gasteiger partial charge >= 0.3 is 0 Å². The van der Waals surface area contributed by atoms with Crippen molar-refractivity contribution in [1.29, 1.82) is 0 Å². The number of para-hydroxylation sites is 2. The van der Waals surface area contributed by atoms with E-state index in [9.17, 15) is 0 Å².